The Morgan fingerprint density at radius 1 is 0.414 bits per heavy atom. The van der Waals surface area contributed by atoms with Gasteiger partial charge < -0.3 is 24.2 Å². The van der Waals surface area contributed by atoms with E-state index in [9.17, 15) is 28.9 Å². The predicted octanol–water partition coefficient (Wildman–Crippen LogP) is 15.5. The van der Waals surface area contributed by atoms with Gasteiger partial charge >= 0.3 is 25.7 Å². The first kappa shape index (κ1) is 66.1. The van der Waals surface area contributed by atoms with Gasteiger partial charge in [0.2, 0.25) is 0 Å². The Morgan fingerprint density at radius 2 is 0.757 bits per heavy atom. The summed E-state index contributed by atoms with van der Waals surface area (Å²) in [5.74, 6) is -1.58. The first-order valence-electron chi connectivity index (χ1n) is 26.8. The highest BCUT2D eigenvalue weighted by molar-refractivity contribution is 7.47. The van der Waals surface area contributed by atoms with Crippen molar-refractivity contribution in [3.05, 3.63) is 109 Å². The number of hydrogen-bond donors (Lipinski definition) is 2. The number of phosphoric acid groups is 1. The first-order valence-corrected chi connectivity index (χ1v) is 28.3. The van der Waals surface area contributed by atoms with E-state index in [0.717, 1.165) is 135 Å². The van der Waals surface area contributed by atoms with E-state index in [1.54, 1.807) is 0 Å². The van der Waals surface area contributed by atoms with Crippen LogP contribution < -0.4 is 0 Å². The van der Waals surface area contributed by atoms with Gasteiger partial charge in [0, 0.05) is 19.3 Å². The summed E-state index contributed by atoms with van der Waals surface area (Å²) in [5.41, 5.74) is 0. The maximum absolute atomic E-state index is 12.9. The van der Waals surface area contributed by atoms with Crippen molar-refractivity contribution in [3.8, 4) is 0 Å². The standard InChI is InChI=1S/C58H95O11P/c1-4-7-10-13-16-19-22-25-26-27-28-31-32-35-38-41-44-47-56(60)65-51-55(69-58(62)49-46-43-40-37-34-30-24-21-18-15-12-9-6-3)53-67-70(63,64)66-52-54(50-59)68-57(61)48-45-42-39-36-33-29-23-20-17-14-11-8-5-2/h7,10-12,14-16,19-21,23-26,28,31,35,38,54-55,59H,4-6,8-9,13,17-18,22,27,29-30,32-34,36-37,39-53H2,1-3H3,(H,63,64)/b10-7-,14-11-,15-12-,19-16-,23-20-,24-21-,26-25-,31-28-,38-35-. The Labute approximate surface area is 425 Å². The largest absolute Gasteiger partial charge is 0.472 e. The van der Waals surface area contributed by atoms with Gasteiger partial charge in [-0.05, 0) is 109 Å². The number of phosphoric ester groups is 1. The highest BCUT2D eigenvalue weighted by Crippen LogP contribution is 2.43. The van der Waals surface area contributed by atoms with Gasteiger partial charge in [-0.1, -0.05) is 182 Å². The average molecular weight is 999 g/mol. The zero-order valence-corrected chi connectivity index (χ0v) is 44.6. The maximum Gasteiger partial charge on any atom is 0.472 e. The fourth-order valence-corrected chi connectivity index (χ4v) is 7.37. The van der Waals surface area contributed by atoms with E-state index in [1.807, 2.05) is 6.08 Å². The molecule has 0 aromatic heterocycles. The molecule has 2 N–H and O–H groups in total. The van der Waals surface area contributed by atoms with Crippen molar-refractivity contribution in [1.29, 1.82) is 0 Å². The molecule has 0 bridgehead atoms. The SMILES string of the molecule is CC/C=C\C/C=C\C/C=C\C/C=C\C/C=C\CCCC(=O)OCC(COP(=O)(O)OCC(CO)OC(=O)CCCCCCC/C=C\C/C=C\CCC)OC(=O)CCCCCCC/C=C\C/C=C\CCC. The topological polar surface area (TPSA) is 155 Å². The summed E-state index contributed by atoms with van der Waals surface area (Å²) in [6.07, 6.45) is 60.6. The van der Waals surface area contributed by atoms with Crippen LogP contribution in [0.2, 0.25) is 0 Å². The lowest BCUT2D eigenvalue weighted by molar-refractivity contribution is -0.161. The van der Waals surface area contributed by atoms with Gasteiger partial charge in [-0.3, -0.25) is 23.4 Å². The van der Waals surface area contributed by atoms with Crippen LogP contribution in [0.3, 0.4) is 0 Å². The summed E-state index contributed by atoms with van der Waals surface area (Å²) in [5, 5.41) is 9.78. The Kier molecular flexibility index (Phi) is 48.7. The number of rotatable bonds is 48. The van der Waals surface area contributed by atoms with Gasteiger partial charge in [-0.2, -0.15) is 0 Å². The number of ether oxygens (including phenoxy) is 3. The predicted molar refractivity (Wildman–Crippen MR) is 288 cm³/mol. The molecule has 0 aromatic carbocycles. The Morgan fingerprint density at radius 3 is 1.19 bits per heavy atom. The lowest BCUT2D eigenvalue weighted by Gasteiger charge is -2.21. The summed E-state index contributed by atoms with van der Waals surface area (Å²) < 4.78 is 39.3. The van der Waals surface area contributed by atoms with Crippen LogP contribution in [0.25, 0.3) is 0 Å². The molecule has 0 fully saturated rings. The highest BCUT2D eigenvalue weighted by Gasteiger charge is 2.28. The Hall–Kier alpha value is -3.86. The van der Waals surface area contributed by atoms with Gasteiger partial charge in [0.05, 0.1) is 19.8 Å². The summed E-state index contributed by atoms with van der Waals surface area (Å²) in [6.45, 7) is 4.27. The number of aliphatic hydroxyl groups excluding tert-OH is 1. The molecule has 0 aromatic rings. The normalized spacial score (nSPS) is 14.3. The van der Waals surface area contributed by atoms with Crippen LogP contribution >= 0.6 is 7.82 Å². The minimum atomic E-state index is -4.77. The number of unbranched alkanes of at least 4 members (excludes halogenated alkanes) is 13. The van der Waals surface area contributed by atoms with E-state index in [0.29, 0.717) is 25.7 Å². The summed E-state index contributed by atoms with van der Waals surface area (Å²) in [6, 6.07) is 0. The van der Waals surface area contributed by atoms with Crippen molar-refractivity contribution in [1.82, 2.24) is 0 Å². The minimum Gasteiger partial charge on any atom is -0.462 e. The van der Waals surface area contributed by atoms with Gasteiger partial charge in [0.1, 0.15) is 12.7 Å². The lowest BCUT2D eigenvalue weighted by atomic mass is 10.1. The molecule has 12 heteroatoms. The van der Waals surface area contributed by atoms with Crippen LogP contribution in [-0.4, -0.2) is 66.5 Å². The first-order chi connectivity index (χ1) is 34.2. The minimum absolute atomic E-state index is 0.133. The number of allylic oxidation sites excluding steroid dienone is 18. The number of esters is 3. The zero-order chi connectivity index (χ0) is 51.3. The molecule has 398 valence electrons. The number of aliphatic hydroxyl groups is 1. The Balaban J connectivity index is 4.85. The van der Waals surface area contributed by atoms with Gasteiger partial charge in [0.25, 0.3) is 0 Å². The third-order valence-corrected chi connectivity index (χ3v) is 11.6. The van der Waals surface area contributed by atoms with Crippen molar-refractivity contribution < 1.29 is 52.2 Å². The van der Waals surface area contributed by atoms with E-state index in [-0.39, 0.29) is 25.9 Å². The fourth-order valence-electron chi connectivity index (χ4n) is 6.58. The van der Waals surface area contributed by atoms with E-state index >= 15 is 0 Å². The van der Waals surface area contributed by atoms with Gasteiger partial charge in [-0.25, -0.2) is 4.57 Å². The van der Waals surface area contributed by atoms with Crippen LogP contribution in [0.1, 0.15) is 201 Å². The van der Waals surface area contributed by atoms with Gasteiger partial charge in [-0.15, -0.1) is 0 Å². The quantitative estimate of drug-likeness (QED) is 0.0197. The summed E-state index contributed by atoms with van der Waals surface area (Å²) >= 11 is 0. The second-order valence-corrected chi connectivity index (χ2v) is 18.8. The number of carbonyl (C=O) groups is 3. The van der Waals surface area contributed by atoms with Crippen molar-refractivity contribution in [2.45, 2.75) is 213 Å². The monoisotopic (exact) mass is 999 g/mol. The second-order valence-electron chi connectivity index (χ2n) is 17.3. The molecule has 70 heavy (non-hydrogen) atoms. The molecule has 0 heterocycles. The van der Waals surface area contributed by atoms with Crippen LogP contribution in [-0.2, 0) is 42.2 Å². The van der Waals surface area contributed by atoms with Crippen molar-refractivity contribution >= 4 is 25.7 Å². The molecule has 0 amide bonds. The molecule has 3 atom stereocenters. The number of carbonyl (C=O) groups excluding carboxylic acids is 3. The molecular weight excluding hydrogens is 904 g/mol. The third kappa shape index (κ3) is 49.1. The Bertz CT molecular complexity index is 1590. The molecule has 11 nitrogen and oxygen atoms in total. The van der Waals surface area contributed by atoms with Crippen LogP contribution in [0.5, 0.6) is 0 Å². The van der Waals surface area contributed by atoms with Crippen molar-refractivity contribution in [2.24, 2.45) is 0 Å². The summed E-state index contributed by atoms with van der Waals surface area (Å²) in [4.78, 5) is 48.4. The van der Waals surface area contributed by atoms with Crippen molar-refractivity contribution in [2.75, 3.05) is 26.4 Å². The molecule has 0 aliphatic rings. The molecule has 0 radical (unpaired) electrons. The van der Waals surface area contributed by atoms with E-state index in [1.165, 1.54) is 0 Å². The van der Waals surface area contributed by atoms with Crippen LogP contribution in [0.4, 0.5) is 0 Å². The highest BCUT2D eigenvalue weighted by atomic mass is 31.2. The average Bonchev–Trinajstić information content (AvgIpc) is 3.35. The molecule has 0 saturated carbocycles. The van der Waals surface area contributed by atoms with E-state index in [2.05, 4.69) is 124 Å². The second kappa shape index (κ2) is 51.5. The summed E-state index contributed by atoms with van der Waals surface area (Å²) in [7, 11) is -4.77. The fraction of sp³-hybridized carbons (Fsp3) is 0.638. The van der Waals surface area contributed by atoms with E-state index in [4.69, 9.17) is 23.3 Å². The van der Waals surface area contributed by atoms with Crippen LogP contribution in [0, 0.1) is 0 Å². The zero-order valence-electron chi connectivity index (χ0n) is 43.7. The molecular formula is C58H95O11P. The maximum atomic E-state index is 12.9. The van der Waals surface area contributed by atoms with Crippen molar-refractivity contribution in [3.63, 3.8) is 0 Å². The van der Waals surface area contributed by atoms with E-state index < -0.39 is 57.8 Å². The molecule has 0 rings (SSSR count). The molecule has 0 aliphatic heterocycles. The smallest absolute Gasteiger partial charge is 0.462 e. The lowest BCUT2D eigenvalue weighted by Crippen LogP contribution is -2.30. The molecule has 0 saturated heterocycles. The molecule has 0 aliphatic carbocycles. The molecule has 0 spiro atoms. The number of hydrogen-bond acceptors (Lipinski definition) is 10. The third-order valence-electron chi connectivity index (χ3n) is 10.6. The van der Waals surface area contributed by atoms with Gasteiger partial charge in [0.15, 0.2) is 6.10 Å². The molecule has 3 unspecified atom stereocenters. The van der Waals surface area contributed by atoms with Crippen LogP contribution in [0.15, 0.2) is 109 Å².